The number of carbonyl (C=O) groups is 2. The monoisotopic (exact) mass is 319 g/mol. The number of unbranched alkanes of at least 4 members (excludes halogenated alkanes) is 1. The van der Waals surface area contributed by atoms with Crippen LogP contribution in [-0.2, 0) is 9.59 Å². The van der Waals surface area contributed by atoms with Crippen LogP contribution in [-0.4, -0.2) is 31.4 Å². The van der Waals surface area contributed by atoms with Gasteiger partial charge in [-0.2, -0.15) is 0 Å². The fourth-order valence-electron chi connectivity index (χ4n) is 2.79. The van der Waals surface area contributed by atoms with Crippen LogP contribution >= 0.6 is 12.4 Å². The fraction of sp³-hybridized carbons (Fsp3) is 0.867. The van der Waals surface area contributed by atoms with Crippen LogP contribution in [0.2, 0.25) is 0 Å². The molecule has 4 N–H and O–H groups in total. The second kappa shape index (κ2) is 11.8. The van der Waals surface area contributed by atoms with E-state index in [1.165, 1.54) is 44.9 Å². The van der Waals surface area contributed by atoms with Crippen LogP contribution in [0.25, 0.3) is 0 Å². The van der Waals surface area contributed by atoms with Crippen molar-refractivity contribution in [3.8, 4) is 0 Å². The molecule has 0 aliphatic heterocycles. The fourth-order valence-corrected chi connectivity index (χ4v) is 2.79. The quantitative estimate of drug-likeness (QED) is 0.635. The van der Waals surface area contributed by atoms with Gasteiger partial charge in [-0.05, 0) is 24.7 Å². The Morgan fingerprint density at radius 3 is 2.24 bits per heavy atom. The Morgan fingerprint density at radius 1 is 1.05 bits per heavy atom. The van der Waals surface area contributed by atoms with Crippen molar-refractivity contribution in [1.29, 1.82) is 0 Å². The summed E-state index contributed by atoms with van der Waals surface area (Å²) in [6, 6.07) is 0. The third-order valence-electron chi connectivity index (χ3n) is 4.15. The lowest BCUT2D eigenvalue weighted by molar-refractivity contribution is -0.125. The zero-order valence-electron chi connectivity index (χ0n) is 13.0. The van der Waals surface area contributed by atoms with Crippen molar-refractivity contribution in [2.24, 2.45) is 17.6 Å². The first-order valence-corrected chi connectivity index (χ1v) is 7.89. The molecule has 1 rings (SSSR count). The van der Waals surface area contributed by atoms with Gasteiger partial charge < -0.3 is 16.4 Å². The number of rotatable bonds is 8. The molecule has 0 aromatic rings. The van der Waals surface area contributed by atoms with E-state index in [0.717, 1.165) is 12.5 Å². The molecule has 2 amide bonds. The van der Waals surface area contributed by atoms with E-state index in [1.54, 1.807) is 0 Å². The summed E-state index contributed by atoms with van der Waals surface area (Å²) in [5, 5.41) is 5.37. The number of halogens is 1. The number of carbonyl (C=O) groups excluding carboxylic acids is 2. The third-order valence-corrected chi connectivity index (χ3v) is 4.15. The van der Waals surface area contributed by atoms with E-state index in [0.29, 0.717) is 5.92 Å². The first-order valence-electron chi connectivity index (χ1n) is 7.89. The molecule has 124 valence electrons. The average Bonchev–Trinajstić information content (AvgIpc) is 2.49. The Morgan fingerprint density at radius 2 is 1.67 bits per heavy atom. The molecule has 0 unspecified atom stereocenters. The molecule has 6 heteroatoms. The van der Waals surface area contributed by atoms with Crippen molar-refractivity contribution < 1.29 is 9.59 Å². The maximum Gasteiger partial charge on any atom is 0.239 e. The van der Waals surface area contributed by atoms with E-state index in [4.69, 9.17) is 5.73 Å². The van der Waals surface area contributed by atoms with Gasteiger partial charge in [0.15, 0.2) is 0 Å². The highest BCUT2D eigenvalue weighted by Crippen LogP contribution is 2.31. The van der Waals surface area contributed by atoms with Crippen LogP contribution in [0.4, 0.5) is 0 Å². The van der Waals surface area contributed by atoms with Gasteiger partial charge >= 0.3 is 0 Å². The van der Waals surface area contributed by atoms with E-state index >= 15 is 0 Å². The van der Waals surface area contributed by atoms with E-state index in [9.17, 15) is 9.59 Å². The predicted octanol–water partition coefficient (Wildman–Crippen LogP) is 1.60. The molecule has 1 saturated carbocycles. The first-order chi connectivity index (χ1) is 9.65. The highest BCUT2D eigenvalue weighted by molar-refractivity contribution is 5.85. The van der Waals surface area contributed by atoms with Crippen molar-refractivity contribution in [2.45, 2.75) is 51.9 Å². The summed E-state index contributed by atoms with van der Waals surface area (Å²) in [5.41, 5.74) is 5.15. The largest absolute Gasteiger partial charge is 0.354 e. The third kappa shape index (κ3) is 8.94. The molecule has 0 spiro atoms. The van der Waals surface area contributed by atoms with Crippen LogP contribution in [0.3, 0.4) is 0 Å². The highest BCUT2D eigenvalue weighted by Gasteiger charge is 2.21. The highest BCUT2D eigenvalue weighted by atomic mass is 35.5. The van der Waals surface area contributed by atoms with Crippen LogP contribution in [0.15, 0.2) is 0 Å². The average molecular weight is 320 g/mol. The minimum absolute atomic E-state index is 0. The number of nitrogens with two attached hydrogens (primary N) is 1. The second-order valence-electron chi connectivity index (χ2n) is 5.81. The summed E-state index contributed by atoms with van der Waals surface area (Å²) in [5.74, 6) is 1.07. The van der Waals surface area contributed by atoms with Gasteiger partial charge in [0.1, 0.15) is 0 Å². The topological polar surface area (TPSA) is 84.2 Å². The van der Waals surface area contributed by atoms with Gasteiger partial charge in [-0.1, -0.05) is 39.0 Å². The molecule has 0 heterocycles. The molecule has 1 fully saturated rings. The van der Waals surface area contributed by atoms with Gasteiger partial charge in [0.05, 0.1) is 13.1 Å². The Bertz CT molecular complexity index is 305. The molecule has 0 aromatic heterocycles. The summed E-state index contributed by atoms with van der Waals surface area (Å²) in [6.45, 7) is 2.93. The Kier molecular flexibility index (Phi) is 11.4. The van der Waals surface area contributed by atoms with Crippen molar-refractivity contribution in [3.63, 3.8) is 0 Å². The molecule has 1 aliphatic carbocycles. The summed E-state index contributed by atoms with van der Waals surface area (Å²) < 4.78 is 0. The van der Waals surface area contributed by atoms with E-state index in [1.807, 2.05) is 0 Å². The SMILES string of the molecule is CCCCC1CCC(CNC(=O)CNC(=O)CN)CC1.Cl. The van der Waals surface area contributed by atoms with Crippen LogP contribution in [0, 0.1) is 11.8 Å². The lowest BCUT2D eigenvalue weighted by Gasteiger charge is -2.28. The number of nitrogens with one attached hydrogen (secondary N) is 2. The molecule has 0 bridgehead atoms. The van der Waals surface area contributed by atoms with Gasteiger partial charge in [-0.15, -0.1) is 12.4 Å². The van der Waals surface area contributed by atoms with Gasteiger partial charge in [0.2, 0.25) is 11.8 Å². The van der Waals surface area contributed by atoms with Crippen molar-refractivity contribution in [2.75, 3.05) is 19.6 Å². The standard InChI is InChI=1S/C15H29N3O2.ClH/c1-2-3-4-12-5-7-13(8-6-12)10-17-15(20)11-18-14(19)9-16;/h12-13H,2-11,16H2,1H3,(H,17,20)(H,18,19);1H. The Labute approximate surface area is 134 Å². The minimum Gasteiger partial charge on any atom is -0.354 e. The molecule has 0 atom stereocenters. The molecule has 0 radical (unpaired) electrons. The van der Waals surface area contributed by atoms with Gasteiger partial charge in [0.25, 0.3) is 0 Å². The lowest BCUT2D eigenvalue weighted by atomic mass is 9.80. The first kappa shape index (κ1) is 20.2. The van der Waals surface area contributed by atoms with E-state index in [-0.39, 0.29) is 37.3 Å². The van der Waals surface area contributed by atoms with Crippen LogP contribution < -0.4 is 16.4 Å². The molecule has 21 heavy (non-hydrogen) atoms. The minimum atomic E-state index is -0.295. The molecular weight excluding hydrogens is 290 g/mol. The lowest BCUT2D eigenvalue weighted by Crippen LogP contribution is -2.41. The Hall–Kier alpha value is -0.810. The predicted molar refractivity (Wildman–Crippen MR) is 87.3 cm³/mol. The summed E-state index contributed by atoms with van der Waals surface area (Å²) in [4.78, 5) is 22.5. The van der Waals surface area contributed by atoms with E-state index in [2.05, 4.69) is 17.6 Å². The van der Waals surface area contributed by atoms with E-state index < -0.39 is 0 Å². The normalized spacial score (nSPS) is 21.2. The van der Waals surface area contributed by atoms with Crippen molar-refractivity contribution >= 4 is 24.2 Å². The Balaban J connectivity index is 0.00000400. The molecule has 1 aliphatic rings. The maximum absolute atomic E-state index is 11.5. The van der Waals surface area contributed by atoms with Gasteiger partial charge in [-0.25, -0.2) is 0 Å². The molecule has 0 aromatic carbocycles. The number of hydrogen-bond acceptors (Lipinski definition) is 3. The number of hydrogen-bond donors (Lipinski definition) is 3. The van der Waals surface area contributed by atoms with Gasteiger partial charge in [-0.3, -0.25) is 9.59 Å². The summed E-state index contributed by atoms with van der Waals surface area (Å²) in [7, 11) is 0. The van der Waals surface area contributed by atoms with Crippen LogP contribution in [0.5, 0.6) is 0 Å². The molecular formula is C15H30ClN3O2. The van der Waals surface area contributed by atoms with Crippen LogP contribution in [0.1, 0.15) is 51.9 Å². The zero-order chi connectivity index (χ0) is 14.8. The maximum atomic E-state index is 11.5. The van der Waals surface area contributed by atoms with Crippen molar-refractivity contribution in [3.05, 3.63) is 0 Å². The summed E-state index contributed by atoms with van der Waals surface area (Å²) >= 11 is 0. The molecule has 0 saturated heterocycles. The van der Waals surface area contributed by atoms with Gasteiger partial charge in [0, 0.05) is 6.54 Å². The zero-order valence-corrected chi connectivity index (χ0v) is 13.8. The number of amides is 2. The summed E-state index contributed by atoms with van der Waals surface area (Å²) in [6.07, 6.45) is 9.00. The van der Waals surface area contributed by atoms with Crippen molar-refractivity contribution in [1.82, 2.24) is 10.6 Å². The smallest absolute Gasteiger partial charge is 0.239 e. The molecule has 5 nitrogen and oxygen atoms in total. The second-order valence-corrected chi connectivity index (χ2v) is 5.81.